The lowest BCUT2D eigenvalue weighted by atomic mass is 10.1. The third kappa shape index (κ3) is 3.51. The van der Waals surface area contributed by atoms with Gasteiger partial charge >= 0.3 is 0 Å². The first-order chi connectivity index (χ1) is 9.74. The van der Waals surface area contributed by atoms with Gasteiger partial charge in [0.15, 0.2) is 0 Å². The molecule has 1 amide bonds. The second-order valence-corrected chi connectivity index (χ2v) is 5.13. The maximum Gasteiger partial charge on any atom is 0.222 e. The van der Waals surface area contributed by atoms with E-state index in [0.29, 0.717) is 24.3 Å². The largest absolute Gasteiger partial charge is 0.495 e. The molecule has 0 aliphatic carbocycles. The summed E-state index contributed by atoms with van der Waals surface area (Å²) >= 11 is 0. The molecule has 0 atom stereocenters. The number of methoxy groups -OCH3 is 1. The molecule has 1 fully saturated rings. The van der Waals surface area contributed by atoms with E-state index in [2.05, 4.69) is 6.07 Å². The number of nitrogens with zero attached hydrogens (tertiary/aromatic N) is 2. The molecular formula is C16H20N2O2. The van der Waals surface area contributed by atoms with Gasteiger partial charge in [0.25, 0.3) is 0 Å². The summed E-state index contributed by atoms with van der Waals surface area (Å²) in [5.41, 5.74) is 1.53. The normalized spacial score (nSPS) is 16.2. The lowest BCUT2D eigenvalue weighted by Gasteiger charge is -2.25. The molecule has 0 unspecified atom stereocenters. The van der Waals surface area contributed by atoms with Gasteiger partial charge in [-0.1, -0.05) is 18.9 Å². The van der Waals surface area contributed by atoms with Crippen molar-refractivity contribution in [1.82, 2.24) is 4.90 Å². The summed E-state index contributed by atoms with van der Waals surface area (Å²) in [6.45, 7) is 1.42. The fourth-order valence-corrected chi connectivity index (χ4v) is 2.53. The summed E-state index contributed by atoms with van der Waals surface area (Å²) in [7, 11) is 1.56. The van der Waals surface area contributed by atoms with Crippen LogP contribution in [0.3, 0.4) is 0 Å². The van der Waals surface area contributed by atoms with Gasteiger partial charge in [-0.05, 0) is 30.5 Å². The van der Waals surface area contributed by atoms with Crippen LogP contribution in [0.2, 0.25) is 0 Å². The van der Waals surface area contributed by atoms with Crippen LogP contribution in [0.5, 0.6) is 5.75 Å². The Labute approximate surface area is 120 Å². The Bertz CT molecular complexity index is 520. The Balaban J connectivity index is 2.11. The van der Waals surface area contributed by atoms with Crippen LogP contribution in [-0.4, -0.2) is 24.5 Å². The van der Waals surface area contributed by atoms with E-state index in [0.717, 1.165) is 31.4 Å². The van der Waals surface area contributed by atoms with Crippen LogP contribution in [0.25, 0.3) is 0 Å². The first-order valence-corrected chi connectivity index (χ1v) is 7.09. The molecule has 106 valence electrons. The fraction of sp³-hybridized carbons (Fsp3) is 0.500. The zero-order chi connectivity index (χ0) is 14.4. The molecule has 4 nitrogen and oxygen atoms in total. The molecule has 2 rings (SSSR count). The van der Waals surface area contributed by atoms with Crippen molar-refractivity contribution >= 4 is 5.91 Å². The van der Waals surface area contributed by atoms with E-state index in [1.165, 1.54) is 6.42 Å². The van der Waals surface area contributed by atoms with Crippen LogP contribution in [-0.2, 0) is 11.3 Å². The van der Waals surface area contributed by atoms with E-state index in [9.17, 15) is 4.79 Å². The van der Waals surface area contributed by atoms with Gasteiger partial charge in [-0.3, -0.25) is 4.79 Å². The minimum absolute atomic E-state index is 0.230. The van der Waals surface area contributed by atoms with Crippen molar-refractivity contribution in [3.8, 4) is 11.8 Å². The fourth-order valence-electron chi connectivity index (χ4n) is 2.53. The molecule has 1 aliphatic rings. The van der Waals surface area contributed by atoms with Crippen molar-refractivity contribution in [2.45, 2.75) is 38.6 Å². The molecular weight excluding hydrogens is 252 g/mol. The number of hydrogen-bond donors (Lipinski definition) is 0. The van der Waals surface area contributed by atoms with E-state index >= 15 is 0 Å². The molecule has 4 heteroatoms. The van der Waals surface area contributed by atoms with Gasteiger partial charge in [0, 0.05) is 19.5 Å². The Morgan fingerprint density at radius 1 is 1.30 bits per heavy atom. The zero-order valence-electron chi connectivity index (χ0n) is 11.9. The number of carbonyl (C=O) groups is 1. The molecule has 0 bridgehead atoms. The number of hydrogen-bond acceptors (Lipinski definition) is 3. The Hall–Kier alpha value is -2.02. The molecule has 1 aromatic carbocycles. The average Bonchev–Trinajstić information content (AvgIpc) is 2.46. The molecule has 1 heterocycles. The van der Waals surface area contributed by atoms with Gasteiger partial charge in [0.1, 0.15) is 11.8 Å². The third-order valence-corrected chi connectivity index (χ3v) is 3.68. The first-order valence-electron chi connectivity index (χ1n) is 7.09. The predicted octanol–water partition coefficient (Wildman–Crippen LogP) is 2.86. The van der Waals surface area contributed by atoms with E-state index < -0.39 is 0 Å². The van der Waals surface area contributed by atoms with Gasteiger partial charge in [-0.2, -0.15) is 5.26 Å². The number of rotatable bonds is 3. The quantitative estimate of drug-likeness (QED) is 0.850. The number of likely N-dealkylation sites (tertiary alicyclic amines) is 1. The number of carbonyl (C=O) groups excluding carboxylic acids is 1. The van der Waals surface area contributed by atoms with E-state index in [1.807, 2.05) is 17.0 Å². The van der Waals surface area contributed by atoms with Gasteiger partial charge < -0.3 is 9.64 Å². The molecule has 0 saturated carbocycles. The lowest BCUT2D eigenvalue weighted by molar-refractivity contribution is -0.132. The summed E-state index contributed by atoms with van der Waals surface area (Å²) < 4.78 is 5.21. The lowest BCUT2D eigenvalue weighted by Crippen LogP contribution is -2.32. The van der Waals surface area contributed by atoms with Crippen LogP contribution >= 0.6 is 0 Å². The molecule has 0 N–H and O–H groups in total. The van der Waals surface area contributed by atoms with E-state index in [1.54, 1.807) is 13.2 Å². The molecule has 1 saturated heterocycles. The van der Waals surface area contributed by atoms with E-state index in [4.69, 9.17) is 10.00 Å². The van der Waals surface area contributed by atoms with Crippen molar-refractivity contribution < 1.29 is 9.53 Å². The molecule has 0 spiro atoms. The summed E-state index contributed by atoms with van der Waals surface area (Å²) in [6, 6.07) is 7.60. The smallest absolute Gasteiger partial charge is 0.222 e. The summed E-state index contributed by atoms with van der Waals surface area (Å²) in [6.07, 6.45) is 5.06. The second-order valence-electron chi connectivity index (χ2n) is 5.13. The van der Waals surface area contributed by atoms with Crippen LogP contribution in [0.4, 0.5) is 0 Å². The Morgan fingerprint density at radius 2 is 2.10 bits per heavy atom. The highest BCUT2D eigenvalue weighted by Gasteiger charge is 2.16. The van der Waals surface area contributed by atoms with Gasteiger partial charge in [-0.15, -0.1) is 0 Å². The zero-order valence-corrected chi connectivity index (χ0v) is 11.9. The van der Waals surface area contributed by atoms with Crippen molar-refractivity contribution in [2.24, 2.45) is 0 Å². The molecule has 20 heavy (non-hydrogen) atoms. The summed E-state index contributed by atoms with van der Waals surface area (Å²) in [5.74, 6) is 0.803. The highest BCUT2D eigenvalue weighted by molar-refractivity contribution is 5.76. The maximum atomic E-state index is 12.1. The number of benzene rings is 1. The Morgan fingerprint density at radius 3 is 2.85 bits per heavy atom. The summed E-state index contributed by atoms with van der Waals surface area (Å²) in [5, 5.41) is 8.98. The second kappa shape index (κ2) is 6.95. The minimum atomic E-state index is 0.230. The van der Waals surface area contributed by atoms with Crippen molar-refractivity contribution in [2.75, 3.05) is 13.7 Å². The minimum Gasteiger partial charge on any atom is -0.495 e. The Kier molecular flexibility index (Phi) is 5.00. The predicted molar refractivity (Wildman–Crippen MR) is 76.2 cm³/mol. The van der Waals surface area contributed by atoms with Crippen LogP contribution in [0.1, 0.15) is 43.2 Å². The van der Waals surface area contributed by atoms with Gasteiger partial charge in [0.2, 0.25) is 5.91 Å². The van der Waals surface area contributed by atoms with Gasteiger partial charge in [0.05, 0.1) is 12.7 Å². The van der Waals surface area contributed by atoms with Crippen molar-refractivity contribution in [3.05, 3.63) is 29.3 Å². The topological polar surface area (TPSA) is 53.3 Å². The number of nitriles is 1. The van der Waals surface area contributed by atoms with Crippen LogP contribution in [0, 0.1) is 11.3 Å². The van der Waals surface area contributed by atoms with Crippen LogP contribution < -0.4 is 4.74 Å². The van der Waals surface area contributed by atoms with E-state index in [-0.39, 0.29) is 5.91 Å². The highest BCUT2D eigenvalue weighted by atomic mass is 16.5. The molecule has 1 aliphatic heterocycles. The van der Waals surface area contributed by atoms with Crippen molar-refractivity contribution in [3.63, 3.8) is 0 Å². The SMILES string of the molecule is COc1cc(CN2CCCCCCC2=O)ccc1C#N. The van der Waals surface area contributed by atoms with Crippen molar-refractivity contribution in [1.29, 1.82) is 5.26 Å². The van der Waals surface area contributed by atoms with Gasteiger partial charge in [-0.25, -0.2) is 0 Å². The number of ether oxygens (including phenoxy) is 1. The molecule has 1 aromatic rings. The molecule has 0 radical (unpaired) electrons. The monoisotopic (exact) mass is 272 g/mol. The van der Waals surface area contributed by atoms with Crippen LogP contribution in [0.15, 0.2) is 18.2 Å². The first kappa shape index (κ1) is 14.4. The maximum absolute atomic E-state index is 12.1. The standard InChI is InChI=1S/C16H20N2O2/c1-20-15-10-13(7-8-14(15)11-17)12-18-9-5-3-2-4-6-16(18)19/h7-8,10H,2-6,9,12H2,1H3. The summed E-state index contributed by atoms with van der Waals surface area (Å²) in [4.78, 5) is 14.0. The highest BCUT2D eigenvalue weighted by Crippen LogP contribution is 2.21. The number of amides is 1. The average molecular weight is 272 g/mol. The third-order valence-electron chi connectivity index (χ3n) is 3.68. The molecule has 0 aromatic heterocycles.